The van der Waals surface area contributed by atoms with Crippen LogP contribution in [0.15, 0.2) is 18.5 Å². The first-order chi connectivity index (χ1) is 8.40. The van der Waals surface area contributed by atoms with Gasteiger partial charge in [-0.2, -0.15) is 0 Å². The van der Waals surface area contributed by atoms with Crippen molar-refractivity contribution in [3.63, 3.8) is 0 Å². The summed E-state index contributed by atoms with van der Waals surface area (Å²) in [6.45, 7) is 1.76. The first kappa shape index (κ1) is 11.0. The summed E-state index contributed by atoms with van der Waals surface area (Å²) in [5.41, 5.74) is 2.04. The Morgan fingerprint density at radius 2 is 2.41 bits per heavy atom. The maximum atomic E-state index is 9.40. The van der Waals surface area contributed by atoms with Crippen LogP contribution in [0.4, 0.5) is 5.69 Å². The molecular weight excluding hydrogens is 216 g/mol. The van der Waals surface area contributed by atoms with Gasteiger partial charge in [0.25, 0.3) is 0 Å². The number of aliphatic hydroxyl groups is 1. The van der Waals surface area contributed by atoms with Crippen LogP contribution >= 0.6 is 0 Å². The third-order valence-electron chi connectivity index (χ3n) is 3.85. The molecule has 2 heterocycles. The molecule has 1 saturated heterocycles. The Morgan fingerprint density at radius 1 is 1.47 bits per heavy atom. The van der Waals surface area contributed by atoms with E-state index in [-0.39, 0.29) is 6.61 Å². The van der Waals surface area contributed by atoms with Gasteiger partial charge in [0.1, 0.15) is 0 Å². The first-order valence-corrected chi connectivity index (χ1v) is 6.32. The smallest absolute Gasteiger partial charge is 0.0779 e. The minimum Gasteiger partial charge on any atom is -0.392 e. The normalized spacial score (nSPS) is 28.2. The number of pyridine rings is 1. The SMILES string of the molecule is OCc1ccncc1N1CCOC2CCCC21. The highest BCUT2D eigenvalue weighted by Gasteiger charge is 2.36. The van der Waals surface area contributed by atoms with Gasteiger partial charge in [-0.15, -0.1) is 0 Å². The zero-order chi connectivity index (χ0) is 11.7. The maximum Gasteiger partial charge on any atom is 0.0779 e. The zero-order valence-corrected chi connectivity index (χ0v) is 9.88. The van der Waals surface area contributed by atoms with Crippen molar-refractivity contribution in [1.82, 2.24) is 4.98 Å². The second-order valence-corrected chi connectivity index (χ2v) is 4.76. The van der Waals surface area contributed by atoms with Crippen molar-refractivity contribution in [1.29, 1.82) is 0 Å². The third kappa shape index (κ3) is 1.91. The molecule has 2 fully saturated rings. The van der Waals surface area contributed by atoms with Gasteiger partial charge in [0, 0.05) is 18.3 Å². The van der Waals surface area contributed by atoms with E-state index in [0.717, 1.165) is 30.8 Å². The lowest BCUT2D eigenvalue weighted by Crippen LogP contribution is -2.49. The second kappa shape index (κ2) is 4.63. The lowest BCUT2D eigenvalue weighted by molar-refractivity contribution is 0.0254. The fourth-order valence-electron chi connectivity index (χ4n) is 3.03. The topological polar surface area (TPSA) is 45.6 Å². The molecule has 2 unspecified atom stereocenters. The Morgan fingerprint density at radius 3 is 3.29 bits per heavy atom. The van der Waals surface area contributed by atoms with Crippen molar-refractivity contribution in [3.05, 3.63) is 24.0 Å². The fourth-order valence-corrected chi connectivity index (χ4v) is 3.03. The van der Waals surface area contributed by atoms with Gasteiger partial charge in [-0.05, 0) is 25.3 Å². The maximum absolute atomic E-state index is 9.40. The third-order valence-corrected chi connectivity index (χ3v) is 3.85. The Hall–Kier alpha value is -1.13. The average Bonchev–Trinajstić information content (AvgIpc) is 2.86. The molecule has 0 radical (unpaired) electrons. The van der Waals surface area contributed by atoms with Gasteiger partial charge in [0.2, 0.25) is 0 Å². The highest BCUT2D eigenvalue weighted by molar-refractivity contribution is 5.53. The number of nitrogens with zero attached hydrogens (tertiary/aromatic N) is 2. The van der Waals surface area contributed by atoms with Crippen LogP contribution in [0.3, 0.4) is 0 Å². The molecule has 1 aromatic heterocycles. The summed E-state index contributed by atoms with van der Waals surface area (Å²) in [6.07, 6.45) is 7.56. The molecule has 1 aromatic rings. The van der Waals surface area contributed by atoms with Gasteiger partial charge in [-0.1, -0.05) is 0 Å². The number of hydrogen-bond donors (Lipinski definition) is 1. The van der Waals surface area contributed by atoms with Crippen LogP contribution in [-0.2, 0) is 11.3 Å². The van der Waals surface area contributed by atoms with Gasteiger partial charge >= 0.3 is 0 Å². The zero-order valence-electron chi connectivity index (χ0n) is 9.88. The summed E-state index contributed by atoms with van der Waals surface area (Å²) in [5.74, 6) is 0. The molecule has 2 atom stereocenters. The standard InChI is InChI=1S/C13H18N2O2/c16-9-10-4-5-14-8-12(10)15-6-7-17-13-3-1-2-11(13)15/h4-5,8,11,13,16H,1-3,6-7,9H2. The Bertz CT molecular complexity index is 397. The van der Waals surface area contributed by atoms with Crippen molar-refractivity contribution in [2.45, 2.75) is 38.0 Å². The molecule has 0 aromatic carbocycles. The predicted molar refractivity (Wildman–Crippen MR) is 64.9 cm³/mol. The molecule has 0 bridgehead atoms. The van der Waals surface area contributed by atoms with Crippen LogP contribution < -0.4 is 4.90 Å². The number of fused-ring (bicyclic) bond motifs is 1. The summed E-state index contributed by atoms with van der Waals surface area (Å²) in [4.78, 5) is 6.56. The van der Waals surface area contributed by atoms with Gasteiger partial charge in [0.05, 0.1) is 37.2 Å². The lowest BCUT2D eigenvalue weighted by Gasteiger charge is -2.39. The van der Waals surface area contributed by atoms with E-state index < -0.39 is 0 Å². The molecule has 4 nitrogen and oxygen atoms in total. The molecule has 4 heteroatoms. The Balaban J connectivity index is 1.91. The highest BCUT2D eigenvalue weighted by Crippen LogP contribution is 2.34. The van der Waals surface area contributed by atoms with Crippen molar-refractivity contribution in [3.8, 4) is 0 Å². The molecule has 0 spiro atoms. The first-order valence-electron chi connectivity index (χ1n) is 6.32. The summed E-state index contributed by atoms with van der Waals surface area (Å²) in [5, 5.41) is 9.40. The quantitative estimate of drug-likeness (QED) is 0.838. The molecule has 2 aliphatic rings. The van der Waals surface area contributed by atoms with Crippen molar-refractivity contribution < 1.29 is 9.84 Å². The minimum atomic E-state index is 0.0760. The number of ether oxygens (including phenoxy) is 1. The van der Waals surface area contributed by atoms with Crippen LogP contribution in [-0.4, -0.2) is 35.4 Å². The van der Waals surface area contributed by atoms with Crippen LogP contribution in [0, 0.1) is 0 Å². The van der Waals surface area contributed by atoms with Gasteiger partial charge in [-0.3, -0.25) is 4.98 Å². The summed E-state index contributed by atoms with van der Waals surface area (Å²) >= 11 is 0. The molecule has 1 aliphatic carbocycles. The van der Waals surface area contributed by atoms with Crippen LogP contribution in [0.25, 0.3) is 0 Å². The Kier molecular flexibility index (Phi) is 2.99. The van der Waals surface area contributed by atoms with E-state index in [9.17, 15) is 5.11 Å². The average molecular weight is 234 g/mol. The number of anilines is 1. The highest BCUT2D eigenvalue weighted by atomic mass is 16.5. The van der Waals surface area contributed by atoms with E-state index in [1.165, 1.54) is 12.8 Å². The Labute approximate surface area is 101 Å². The fraction of sp³-hybridized carbons (Fsp3) is 0.615. The van der Waals surface area contributed by atoms with Gasteiger partial charge < -0.3 is 14.7 Å². The van der Waals surface area contributed by atoms with E-state index in [1.807, 2.05) is 12.3 Å². The van der Waals surface area contributed by atoms with E-state index in [1.54, 1.807) is 6.20 Å². The van der Waals surface area contributed by atoms with Gasteiger partial charge in [0.15, 0.2) is 0 Å². The molecule has 1 N–H and O–H groups in total. The number of hydrogen-bond acceptors (Lipinski definition) is 4. The van der Waals surface area contributed by atoms with Crippen molar-refractivity contribution in [2.75, 3.05) is 18.1 Å². The molecule has 3 rings (SSSR count). The van der Waals surface area contributed by atoms with Crippen LogP contribution in [0.1, 0.15) is 24.8 Å². The number of aliphatic hydroxyl groups excluding tert-OH is 1. The molecular formula is C13H18N2O2. The monoisotopic (exact) mass is 234 g/mol. The van der Waals surface area contributed by atoms with Crippen LogP contribution in [0.5, 0.6) is 0 Å². The van der Waals surface area contributed by atoms with E-state index in [0.29, 0.717) is 12.1 Å². The molecule has 1 saturated carbocycles. The predicted octanol–water partition coefficient (Wildman–Crippen LogP) is 1.33. The van der Waals surface area contributed by atoms with Crippen molar-refractivity contribution >= 4 is 5.69 Å². The molecule has 1 aliphatic heterocycles. The lowest BCUT2D eigenvalue weighted by atomic mass is 10.1. The van der Waals surface area contributed by atoms with E-state index >= 15 is 0 Å². The number of morpholine rings is 1. The van der Waals surface area contributed by atoms with E-state index in [4.69, 9.17) is 4.74 Å². The van der Waals surface area contributed by atoms with Crippen LogP contribution in [0.2, 0.25) is 0 Å². The number of rotatable bonds is 2. The summed E-state index contributed by atoms with van der Waals surface area (Å²) in [6, 6.07) is 2.37. The minimum absolute atomic E-state index is 0.0760. The van der Waals surface area contributed by atoms with Gasteiger partial charge in [-0.25, -0.2) is 0 Å². The largest absolute Gasteiger partial charge is 0.392 e. The molecule has 0 amide bonds. The van der Waals surface area contributed by atoms with E-state index in [2.05, 4.69) is 9.88 Å². The molecule has 92 valence electrons. The van der Waals surface area contributed by atoms with Crippen molar-refractivity contribution in [2.24, 2.45) is 0 Å². The second-order valence-electron chi connectivity index (χ2n) is 4.76. The number of aromatic nitrogens is 1. The molecule has 17 heavy (non-hydrogen) atoms. The summed E-state index contributed by atoms with van der Waals surface area (Å²) in [7, 11) is 0. The summed E-state index contributed by atoms with van der Waals surface area (Å²) < 4.78 is 5.80.